The van der Waals surface area contributed by atoms with Gasteiger partial charge in [-0.25, -0.2) is 9.97 Å². The molecule has 3 N–H and O–H groups in total. The van der Waals surface area contributed by atoms with Crippen LogP contribution >= 0.6 is 35.3 Å². The lowest BCUT2D eigenvalue weighted by Crippen LogP contribution is -2.23. The van der Waals surface area contributed by atoms with Crippen molar-refractivity contribution in [3.8, 4) is 0 Å². The van der Waals surface area contributed by atoms with Crippen LogP contribution in [0.3, 0.4) is 0 Å². The summed E-state index contributed by atoms with van der Waals surface area (Å²) in [6.45, 7) is 2.88. The molecule has 1 aliphatic heterocycles. The molecule has 0 unspecified atom stereocenters. The molecule has 124 valence electrons. The van der Waals surface area contributed by atoms with Crippen molar-refractivity contribution in [1.82, 2.24) is 9.97 Å². The van der Waals surface area contributed by atoms with Gasteiger partial charge in [-0.3, -0.25) is 4.99 Å². The molecular formula is C15H21IN6S. The first-order valence-electron chi connectivity index (χ1n) is 7.48. The number of aliphatic imine (C=N–C) groups is 1. The van der Waals surface area contributed by atoms with Gasteiger partial charge in [-0.2, -0.15) is 0 Å². The lowest BCUT2D eigenvalue weighted by atomic mass is 10.3. The van der Waals surface area contributed by atoms with Gasteiger partial charge < -0.3 is 16.0 Å². The summed E-state index contributed by atoms with van der Waals surface area (Å²) in [5.74, 6) is 1.09. The maximum Gasteiger partial charge on any atom is 0.194 e. The molecule has 0 saturated carbocycles. The number of hydrogen-bond acceptors (Lipinski definition) is 5. The Hall–Kier alpha value is -1.42. The quantitative estimate of drug-likeness (QED) is 0.421. The Morgan fingerprint density at radius 3 is 2.91 bits per heavy atom. The molecule has 0 bridgehead atoms. The van der Waals surface area contributed by atoms with Crippen molar-refractivity contribution in [2.75, 3.05) is 29.9 Å². The topological polar surface area (TPSA) is 79.4 Å². The third kappa shape index (κ3) is 5.31. The van der Waals surface area contributed by atoms with Crippen molar-refractivity contribution in [2.24, 2.45) is 10.7 Å². The third-order valence-electron chi connectivity index (χ3n) is 3.49. The summed E-state index contributed by atoms with van der Waals surface area (Å²) in [5.41, 5.74) is 6.93. The van der Waals surface area contributed by atoms with Gasteiger partial charge in [-0.15, -0.1) is 35.3 Å². The maximum absolute atomic E-state index is 5.85. The number of aromatic nitrogens is 2. The van der Waals surface area contributed by atoms with Crippen molar-refractivity contribution in [3.63, 3.8) is 0 Å². The van der Waals surface area contributed by atoms with Gasteiger partial charge in [-0.1, -0.05) is 6.07 Å². The maximum atomic E-state index is 5.85. The lowest BCUT2D eigenvalue weighted by molar-refractivity contribution is 0.906. The Bertz CT molecular complexity index is 624. The molecule has 0 spiro atoms. The summed E-state index contributed by atoms with van der Waals surface area (Å²) < 4.78 is 0. The molecular weight excluding hydrogens is 423 g/mol. The SMILES string of the molecule is I.NC(=NCCc1csc(N2CCCC2)n1)Nc1ccccn1. The molecule has 3 rings (SSSR count). The number of rotatable bonds is 5. The second-order valence-corrected chi connectivity index (χ2v) is 6.01. The van der Waals surface area contributed by atoms with Gasteiger partial charge in [0.15, 0.2) is 11.1 Å². The van der Waals surface area contributed by atoms with E-state index < -0.39 is 0 Å². The zero-order chi connectivity index (χ0) is 15.2. The molecule has 0 aliphatic carbocycles. The van der Waals surface area contributed by atoms with Crippen LogP contribution in [-0.4, -0.2) is 35.6 Å². The minimum Gasteiger partial charge on any atom is -0.370 e. The molecule has 0 amide bonds. The molecule has 1 fully saturated rings. The van der Waals surface area contributed by atoms with Crippen LogP contribution in [0.5, 0.6) is 0 Å². The second-order valence-electron chi connectivity index (χ2n) is 5.17. The Kier molecular flexibility index (Phi) is 7.03. The van der Waals surface area contributed by atoms with Crippen LogP contribution in [0.4, 0.5) is 10.9 Å². The van der Waals surface area contributed by atoms with Crippen LogP contribution in [0, 0.1) is 0 Å². The predicted molar refractivity (Wildman–Crippen MR) is 107 cm³/mol. The zero-order valence-corrected chi connectivity index (χ0v) is 16.0. The van der Waals surface area contributed by atoms with Crippen LogP contribution in [0.1, 0.15) is 18.5 Å². The van der Waals surface area contributed by atoms with E-state index in [0.29, 0.717) is 18.3 Å². The standard InChI is InChI=1S/C15H20N6S.HI/c16-14(20-13-5-1-2-7-17-13)18-8-6-12-11-22-15(19-12)21-9-3-4-10-21;/h1-2,5,7,11H,3-4,6,8-10H2,(H3,16,17,18,20);1H. The normalized spacial score (nSPS) is 14.6. The number of nitrogens with one attached hydrogen (secondary N) is 1. The van der Waals surface area contributed by atoms with E-state index in [1.165, 1.54) is 12.8 Å². The van der Waals surface area contributed by atoms with E-state index in [1.54, 1.807) is 17.5 Å². The summed E-state index contributed by atoms with van der Waals surface area (Å²) in [4.78, 5) is 15.5. The predicted octanol–water partition coefficient (Wildman–Crippen LogP) is 2.73. The van der Waals surface area contributed by atoms with E-state index in [9.17, 15) is 0 Å². The van der Waals surface area contributed by atoms with Gasteiger partial charge in [0.2, 0.25) is 0 Å². The van der Waals surface area contributed by atoms with Crippen molar-refractivity contribution in [2.45, 2.75) is 19.3 Å². The van der Waals surface area contributed by atoms with Gasteiger partial charge >= 0.3 is 0 Å². The van der Waals surface area contributed by atoms with Gasteiger partial charge in [0.1, 0.15) is 5.82 Å². The van der Waals surface area contributed by atoms with E-state index >= 15 is 0 Å². The fourth-order valence-corrected chi connectivity index (χ4v) is 3.28. The minimum atomic E-state index is 0. The summed E-state index contributed by atoms with van der Waals surface area (Å²) in [6, 6.07) is 5.61. The monoisotopic (exact) mass is 444 g/mol. The summed E-state index contributed by atoms with van der Waals surface area (Å²) in [6.07, 6.45) is 5.06. The van der Waals surface area contributed by atoms with Gasteiger partial charge in [-0.05, 0) is 25.0 Å². The van der Waals surface area contributed by atoms with Crippen molar-refractivity contribution in [3.05, 3.63) is 35.5 Å². The van der Waals surface area contributed by atoms with E-state index in [-0.39, 0.29) is 24.0 Å². The first-order chi connectivity index (χ1) is 10.8. The zero-order valence-electron chi connectivity index (χ0n) is 12.8. The summed E-state index contributed by atoms with van der Waals surface area (Å²) in [7, 11) is 0. The molecule has 23 heavy (non-hydrogen) atoms. The van der Waals surface area contributed by atoms with Crippen molar-refractivity contribution >= 4 is 52.2 Å². The highest BCUT2D eigenvalue weighted by molar-refractivity contribution is 14.0. The van der Waals surface area contributed by atoms with E-state index in [1.807, 2.05) is 18.2 Å². The smallest absolute Gasteiger partial charge is 0.194 e. The number of nitrogens with zero attached hydrogens (tertiary/aromatic N) is 4. The van der Waals surface area contributed by atoms with Crippen LogP contribution in [0.25, 0.3) is 0 Å². The highest BCUT2D eigenvalue weighted by atomic mass is 127. The molecule has 2 aromatic rings. The highest BCUT2D eigenvalue weighted by Gasteiger charge is 2.15. The number of halogens is 1. The van der Waals surface area contributed by atoms with Crippen LogP contribution in [0.15, 0.2) is 34.8 Å². The Morgan fingerprint density at radius 1 is 1.35 bits per heavy atom. The molecule has 3 heterocycles. The number of pyridine rings is 1. The van der Waals surface area contributed by atoms with Crippen LogP contribution in [-0.2, 0) is 6.42 Å². The van der Waals surface area contributed by atoms with Crippen molar-refractivity contribution in [1.29, 1.82) is 0 Å². The Balaban J connectivity index is 0.00000192. The molecule has 1 saturated heterocycles. The number of anilines is 2. The molecule has 8 heteroatoms. The molecule has 2 aromatic heterocycles. The minimum absolute atomic E-state index is 0. The molecule has 1 aliphatic rings. The first-order valence-corrected chi connectivity index (χ1v) is 8.36. The first kappa shape index (κ1) is 17.9. The van der Waals surface area contributed by atoms with Crippen LogP contribution < -0.4 is 16.0 Å². The van der Waals surface area contributed by atoms with Gasteiger partial charge in [0.05, 0.1) is 5.69 Å². The number of nitrogens with two attached hydrogens (primary N) is 1. The average molecular weight is 444 g/mol. The van der Waals surface area contributed by atoms with E-state index in [2.05, 4.69) is 30.6 Å². The molecule has 0 aromatic carbocycles. The van der Waals surface area contributed by atoms with Gasteiger partial charge in [0.25, 0.3) is 0 Å². The van der Waals surface area contributed by atoms with Crippen molar-refractivity contribution < 1.29 is 0 Å². The molecule has 0 atom stereocenters. The number of hydrogen-bond donors (Lipinski definition) is 2. The third-order valence-corrected chi connectivity index (χ3v) is 4.44. The Morgan fingerprint density at radius 2 is 2.17 bits per heavy atom. The summed E-state index contributed by atoms with van der Waals surface area (Å²) >= 11 is 1.72. The Labute approximate surface area is 157 Å². The number of thiazole rings is 1. The van der Waals surface area contributed by atoms with E-state index in [4.69, 9.17) is 5.73 Å². The summed E-state index contributed by atoms with van der Waals surface area (Å²) in [5, 5.41) is 6.22. The second kappa shape index (κ2) is 9.02. The highest BCUT2D eigenvalue weighted by Crippen LogP contribution is 2.24. The fraction of sp³-hybridized carbons (Fsp3) is 0.400. The molecule has 6 nitrogen and oxygen atoms in total. The lowest BCUT2D eigenvalue weighted by Gasteiger charge is -2.12. The van der Waals surface area contributed by atoms with Crippen LogP contribution in [0.2, 0.25) is 0 Å². The average Bonchev–Trinajstić information content (AvgIpc) is 3.19. The molecule has 0 radical (unpaired) electrons. The van der Waals surface area contributed by atoms with E-state index in [0.717, 1.165) is 30.3 Å². The largest absolute Gasteiger partial charge is 0.370 e. The number of guanidine groups is 1. The van der Waals surface area contributed by atoms with Gasteiger partial charge in [0, 0.05) is 37.6 Å². The fourth-order valence-electron chi connectivity index (χ4n) is 2.36.